The molecule has 0 saturated heterocycles. The van der Waals surface area contributed by atoms with Gasteiger partial charge in [0.1, 0.15) is 6.10 Å². The minimum Gasteiger partial charge on any atom is -0.454 e. The number of carbonyl (C=O) groups is 1. The van der Waals surface area contributed by atoms with E-state index < -0.39 is 5.97 Å². The quantitative estimate of drug-likeness (QED) is 0.800. The van der Waals surface area contributed by atoms with Crippen LogP contribution >= 0.6 is 0 Å². The third kappa shape index (κ3) is 3.21. The summed E-state index contributed by atoms with van der Waals surface area (Å²) in [5.74, 6) is -0.408. The van der Waals surface area contributed by atoms with E-state index in [1.54, 1.807) is 43.3 Å². The lowest BCUT2D eigenvalue weighted by molar-refractivity contribution is 0.0337. The van der Waals surface area contributed by atoms with E-state index in [1.807, 2.05) is 13.0 Å². The zero-order valence-electron chi connectivity index (χ0n) is 11.3. The van der Waals surface area contributed by atoms with Crippen LogP contribution in [0.3, 0.4) is 0 Å². The molecule has 2 rings (SSSR count). The first-order valence-corrected chi connectivity index (χ1v) is 6.24. The van der Waals surface area contributed by atoms with Gasteiger partial charge in [-0.05, 0) is 43.7 Å². The van der Waals surface area contributed by atoms with Gasteiger partial charge in [0.25, 0.3) is 0 Å². The molecule has 0 saturated carbocycles. The molecule has 1 aromatic heterocycles. The number of nitriles is 1. The predicted octanol–water partition coefficient (Wildman–Crippen LogP) is 3.18. The lowest BCUT2D eigenvalue weighted by atomic mass is 10.1. The molecular weight excluding hydrogens is 252 g/mol. The molecule has 0 fully saturated rings. The Balaban J connectivity index is 2.06. The van der Waals surface area contributed by atoms with Crippen LogP contribution in [0.5, 0.6) is 0 Å². The summed E-state index contributed by atoms with van der Waals surface area (Å²) in [6.45, 7) is 3.65. The monoisotopic (exact) mass is 266 g/mol. The Hall–Kier alpha value is -2.67. The zero-order valence-corrected chi connectivity index (χ0v) is 11.3. The summed E-state index contributed by atoms with van der Waals surface area (Å²) in [7, 11) is 0. The second-order valence-corrected chi connectivity index (χ2v) is 4.47. The molecule has 2 aromatic rings. The van der Waals surface area contributed by atoms with E-state index in [-0.39, 0.29) is 6.10 Å². The van der Waals surface area contributed by atoms with Crippen LogP contribution < -0.4 is 0 Å². The van der Waals surface area contributed by atoms with Crippen molar-refractivity contribution >= 4 is 5.97 Å². The van der Waals surface area contributed by atoms with E-state index in [9.17, 15) is 4.79 Å². The fraction of sp³-hybridized carbons (Fsp3) is 0.188. The number of carbonyl (C=O) groups excluding carboxylic acids is 1. The van der Waals surface area contributed by atoms with Gasteiger partial charge in [0.2, 0.25) is 0 Å². The summed E-state index contributed by atoms with van der Waals surface area (Å²) in [5, 5.41) is 8.74. The first-order chi connectivity index (χ1) is 9.60. The normalized spacial score (nSPS) is 11.4. The number of pyridine rings is 1. The smallest absolute Gasteiger partial charge is 0.340 e. The molecule has 0 N–H and O–H groups in total. The number of aryl methyl sites for hydroxylation is 1. The lowest BCUT2D eigenvalue weighted by Gasteiger charge is -2.13. The molecule has 1 heterocycles. The molecule has 0 aliphatic heterocycles. The number of ether oxygens (including phenoxy) is 1. The third-order valence-corrected chi connectivity index (χ3v) is 2.94. The third-order valence-electron chi connectivity index (χ3n) is 2.94. The molecule has 0 aliphatic rings. The number of hydrogen-bond acceptors (Lipinski definition) is 4. The van der Waals surface area contributed by atoms with E-state index in [0.717, 1.165) is 11.3 Å². The second-order valence-electron chi connectivity index (χ2n) is 4.47. The average molecular weight is 266 g/mol. The van der Waals surface area contributed by atoms with Gasteiger partial charge in [-0.15, -0.1) is 0 Å². The lowest BCUT2D eigenvalue weighted by Crippen LogP contribution is -2.09. The number of aromatic nitrogens is 1. The highest BCUT2D eigenvalue weighted by atomic mass is 16.5. The number of benzene rings is 1. The average Bonchev–Trinajstić information content (AvgIpc) is 2.48. The molecule has 0 unspecified atom stereocenters. The van der Waals surface area contributed by atoms with Crippen LogP contribution in [-0.2, 0) is 4.74 Å². The Morgan fingerprint density at radius 2 is 1.95 bits per heavy atom. The summed E-state index contributed by atoms with van der Waals surface area (Å²) in [6, 6.07) is 12.5. The maximum absolute atomic E-state index is 11.9. The Morgan fingerprint density at radius 3 is 2.50 bits per heavy atom. The molecule has 20 heavy (non-hydrogen) atoms. The second kappa shape index (κ2) is 5.98. The first kappa shape index (κ1) is 13.8. The van der Waals surface area contributed by atoms with Gasteiger partial charge >= 0.3 is 5.97 Å². The van der Waals surface area contributed by atoms with Crippen molar-refractivity contribution in [3.8, 4) is 6.07 Å². The Bertz CT molecular complexity index is 640. The highest BCUT2D eigenvalue weighted by Crippen LogP contribution is 2.19. The minimum atomic E-state index is -0.408. The topological polar surface area (TPSA) is 63.0 Å². The Labute approximate surface area is 117 Å². The summed E-state index contributed by atoms with van der Waals surface area (Å²) in [4.78, 5) is 16.0. The van der Waals surface area contributed by atoms with Crippen LogP contribution in [-0.4, -0.2) is 11.0 Å². The highest BCUT2D eigenvalue weighted by Gasteiger charge is 2.13. The van der Waals surface area contributed by atoms with Gasteiger partial charge in [0.15, 0.2) is 0 Å². The van der Waals surface area contributed by atoms with Crippen molar-refractivity contribution in [1.29, 1.82) is 5.26 Å². The molecule has 0 amide bonds. The van der Waals surface area contributed by atoms with Crippen LogP contribution in [0.15, 0.2) is 42.6 Å². The van der Waals surface area contributed by atoms with Gasteiger partial charge in [0, 0.05) is 11.9 Å². The van der Waals surface area contributed by atoms with Crippen molar-refractivity contribution in [2.24, 2.45) is 0 Å². The van der Waals surface area contributed by atoms with Gasteiger partial charge < -0.3 is 4.74 Å². The van der Waals surface area contributed by atoms with Gasteiger partial charge in [-0.3, -0.25) is 4.98 Å². The molecule has 0 aliphatic carbocycles. The van der Waals surface area contributed by atoms with E-state index >= 15 is 0 Å². The van der Waals surface area contributed by atoms with E-state index in [2.05, 4.69) is 4.98 Å². The molecule has 100 valence electrons. The number of nitrogens with zero attached hydrogens (tertiary/aromatic N) is 2. The van der Waals surface area contributed by atoms with Crippen molar-refractivity contribution in [2.45, 2.75) is 20.0 Å². The fourth-order valence-corrected chi connectivity index (χ4v) is 1.71. The molecule has 4 heteroatoms. The molecule has 0 bridgehead atoms. The molecule has 0 spiro atoms. The van der Waals surface area contributed by atoms with E-state index in [0.29, 0.717) is 11.1 Å². The number of esters is 1. The molecule has 0 radical (unpaired) electrons. The van der Waals surface area contributed by atoms with Crippen LogP contribution in [0.2, 0.25) is 0 Å². The predicted molar refractivity (Wildman–Crippen MR) is 74.0 cm³/mol. The Morgan fingerprint density at radius 1 is 1.25 bits per heavy atom. The molecule has 1 aromatic carbocycles. The minimum absolute atomic E-state index is 0.378. The van der Waals surface area contributed by atoms with Crippen LogP contribution in [0.25, 0.3) is 0 Å². The fourth-order valence-electron chi connectivity index (χ4n) is 1.71. The summed E-state index contributed by atoms with van der Waals surface area (Å²) >= 11 is 0. The van der Waals surface area contributed by atoms with E-state index in [1.165, 1.54) is 6.20 Å². The largest absolute Gasteiger partial charge is 0.454 e. The standard InChI is InChI=1S/C16H14N2O2/c1-11-3-6-15(10-18-11)16(19)20-12(2)14-7-4-13(9-17)5-8-14/h3-8,10,12H,1-2H3/t12-/m1/s1. The maximum Gasteiger partial charge on any atom is 0.340 e. The number of hydrogen-bond donors (Lipinski definition) is 0. The van der Waals surface area contributed by atoms with Crippen LogP contribution in [0.4, 0.5) is 0 Å². The van der Waals surface area contributed by atoms with Crippen molar-refractivity contribution in [3.05, 3.63) is 65.0 Å². The van der Waals surface area contributed by atoms with Gasteiger partial charge in [-0.1, -0.05) is 12.1 Å². The SMILES string of the molecule is Cc1ccc(C(=O)O[C@H](C)c2ccc(C#N)cc2)cn1. The molecule has 4 nitrogen and oxygen atoms in total. The van der Waals surface area contributed by atoms with Crippen molar-refractivity contribution in [2.75, 3.05) is 0 Å². The summed E-state index contributed by atoms with van der Waals surface area (Å²) in [6.07, 6.45) is 1.12. The molecular formula is C16H14N2O2. The van der Waals surface area contributed by atoms with Crippen LogP contribution in [0, 0.1) is 18.3 Å². The Kier molecular flexibility index (Phi) is 4.11. The van der Waals surface area contributed by atoms with Crippen molar-refractivity contribution in [1.82, 2.24) is 4.98 Å². The summed E-state index contributed by atoms with van der Waals surface area (Å²) in [5.41, 5.74) is 2.70. The number of rotatable bonds is 3. The summed E-state index contributed by atoms with van der Waals surface area (Å²) < 4.78 is 5.37. The van der Waals surface area contributed by atoms with Gasteiger partial charge in [0.05, 0.1) is 17.2 Å². The maximum atomic E-state index is 11.9. The highest BCUT2D eigenvalue weighted by molar-refractivity contribution is 5.89. The van der Waals surface area contributed by atoms with Crippen molar-refractivity contribution in [3.63, 3.8) is 0 Å². The van der Waals surface area contributed by atoms with Crippen molar-refractivity contribution < 1.29 is 9.53 Å². The van der Waals surface area contributed by atoms with Gasteiger partial charge in [-0.2, -0.15) is 5.26 Å². The molecule has 1 atom stereocenters. The van der Waals surface area contributed by atoms with Crippen LogP contribution in [0.1, 0.15) is 40.2 Å². The van der Waals surface area contributed by atoms with E-state index in [4.69, 9.17) is 10.00 Å². The zero-order chi connectivity index (χ0) is 14.5. The van der Waals surface area contributed by atoms with Gasteiger partial charge in [-0.25, -0.2) is 4.79 Å². The first-order valence-electron chi connectivity index (χ1n) is 6.24.